The Bertz CT molecular complexity index is 394. The third kappa shape index (κ3) is 2.92. The zero-order valence-electron chi connectivity index (χ0n) is 9.57. The summed E-state index contributed by atoms with van der Waals surface area (Å²) in [6.07, 6.45) is 1.03. The molecule has 88 valence electrons. The summed E-state index contributed by atoms with van der Waals surface area (Å²) < 4.78 is 12.9. The van der Waals surface area contributed by atoms with Crippen molar-refractivity contribution in [2.45, 2.75) is 13.8 Å². The predicted molar refractivity (Wildman–Crippen MR) is 59.3 cm³/mol. The third-order valence-corrected chi connectivity index (χ3v) is 2.06. The van der Waals surface area contributed by atoms with Gasteiger partial charge in [-0.3, -0.25) is 0 Å². The number of hydrogen-bond acceptors (Lipinski definition) is 3. The molecule has 1 rings (SSSR count). The van der Waals surface area contributed by atoms with E-state index in [1.165, 1.54) is 0 Å². The standard InChI is InChI=1S/C11H15FN2O2/c1-7(2)6-14(3)10-9(11(15)16)4-8(12)5-13-10/h4-5,7H,6H2,1-3H3,(H,15,16). The van der Waals surface area contributed by atoms with E-state index in [0.29, 0.717) is 18.3 Å². The summed E-state index contributed by atoms with van der Waals surface area (Å²) >= 11 is 0. The van der Waals surface area contributed by atoms with Crippen LogP contribution in [0.2, 0.25) is 0 Å². The van der Waals surface area contributed by atoms with Crippen molar-refractivity contribution in [2.24, 2.45) is 5.92 Å². The number of anilines is 1. The average molecular weight is 226 g/mol. The summed E-state index contributed by atoms with van der Waals surface area (Å²) in [6.45, 7) is 4.69. The van der Waals surface area contributed by atoms with Crippen LogP contribution in [-0.2, 0) is 0 Å². The molecule has 1 N–H and O–H groups in total. The highest BCUT2D eigenvalue weighted by molar-refractivity contribution is 5.93. The van der Waals surface area contributed by atoms with Gasteiger partial charge in [-0.2, -0.15) is 0 Å². The Balaban J connectivity index is 3.07. The number of halogens is 1. The fourth-order valence-electron chi connectivity index (χ4n) is 1.53. The molecule has 5 heteroatoms. The molecule has 0 aromatic carbocycles. The smallest absolute Gasteiger partial charge is 0.339 e. The van der Waals surface area contributed by atoms with E-state index in [0.717, 1.165) is 12.3 Å². The van der Waals surface area contributed by atoms with E-state index in [1.54, 1.807) is 11.9 Å². The number of nitrogens with zero attached hydrogens (tertiary/aromatic N) is 2. The second-order valence-electron chi connectivity index (χ2n) is 4.10. The minimum absolute atomic E-state index is 0.108. The van der Waals surface area contributed by atoms with Gasteiger partial charge in [0.1, 0.15) is 17.2 Å². The van der Waals surface area contributed by atoms with Gasteiger partial charge in [-0.05, 0) is 12.0 Å². The molecule has 0 aliphatic rings. The lowest BCUT2D eigenvalue weighted by Gasteiger charge is -2.21. The van der Waals surface area contributed by atoms with Gasteiger partial charge >= 0.3 is 5.97 Å². The maximum Gasteiger partial charge on any atom is 0.339 e. The molecule has 1 heterocycles. The minimum atomic E-state index is -1.17. The van der Waals surface area contributed by atoms with Crippen LogP contribution in [0.4, 0.5) is 10.2 Å². The fourth-order valence-corrected chi connectivity index (χ4v) is 1.53. The number of carboxylic acid groups (broad SMARTS) is 1. The molecule has 16 heavy (non-hydrogen) atoms. The molecule has 4 nitrogen and oxygen atoms in total. The molecule has 0 unspecified atom stereocenters. The summed E-state index contributed by atoms with van der Waals surface area (Å²) in [5, 5.41) is 8.94. The fraction of sp³-hybridized carbons (Fsp3) is 0.455. The van der Waals surface area contributed by atoms with Gasteiger partial charge in [-0.25, -0.2) is 14.2 Å². The molecule has 0 saturated heterocycles. The maximum atomic E-state index is 12.9. The van der Waals surface area contributed by atoms with Crippen LogP contribution in [0.1, 0.15) is 24.2 Å². The third-order valence-electron chi connectivity index (χ3n) is 2.06. The lowest BCUT2D eigenvalue weighted by Crippen LogP contribution is -2.25. The van der Waals surface area contributed by atoms with Gasteiger partial charge in [0.05, 0.1) is 6.20 Å². The Hall–Kier alpha value is -1.65. The first kappa shape index (κ1) is 12.4. The molecule has 0 amide bonds. The summed E-state index contributed by atoms with van der Waals surface area (Å²) in [5.41, 5.74) is -0.108. The zero-order valence-corrected chi connectivity index (χ0v) is 9.57. The Labute approximate surface area is 93.7 Å². The highest BCUT2D eigenvalue weighted by Gasteiger charge is 2.16. The highest BCUT2D eigenvalue weighted by Crippen LogP contribution is 2.18. The number of pyridine rings is 1. The quantitative estimate of drug-likeness (QED) is 0.853. The lowest BCUT2D eigenvalue weighted by molar-refractivity contribution is 0.0696. The highest BCUT2D eigenvalue weighted by atomic mass is 19.1. The Morgan fingerprint density at radius 2 is 2.25 bits per heavy atom. The summed E-state index contributed by atoms with van der Waals surface area (Å²) in [4.78, 5) is 16.5. The zero-order chi connectivity index (χ0) is 12.3. The van der Waals surface area contributed by atoms with Crippen molar-refractivity contribution in [3.63, 3.8) is 0 Å². The number of rotatable bonds is 4. The predicted octanol–water partition coefficient (Wildman–Crippen LogP) is 2.01. The normalized spacial score (nSPS) is 10.6. The van der Waals surface area contributed by atoms with E-state index < -0.39 is 11.8 Å². The van der Waals surface area contributed by atoms with E-state index in [4.69, 9.17) is 5.11 Å². The minimum Gasteiger partial charge on any atom is -0.478 e. The Morgan fingerprint density at radius 1 is 1.62 bits per heavy atom. The van der Waals surface area contributed by atoms with Crippen LogP contribution in [0, 0.1) is 11.7 Å². The largest absolute Gasteiger partial charge is 0.478 e. The molecule has 0 saturated carbocycles. The van der Waals surface area contributed by atoms with Crippen molar-refractivity contribution in [1.29, 1.82) is 0 Å². The van der Waals surface area contributed by atoms with Gasteiger partial charge < -0.3 is 10.0 Å². The number of carboxylic acids is 1. The lowest BCUT2D eigenvalue weighted by atomic mass is 10.2. The van der Waals surface area contributed by atoms with Gasteiger partial charge in [-0.1, -0.05) is 13.8 Å². The molecule has 1 aromatic rings. The molecule has 0 atom stereocenters. The van der Waals surface area contributed by atoms with Gasteiger partial charge in [0.25, 0.3) is 0 Å². The molecule has 0 fully saturated rings. The van der Waals surface area contributed by atoms with E-state index in [9.17, 15) is 9.18 Å². The molecular formula is C11H15FN2O2. The van der Waals surface area contributed by atoms with Crippen LogP contribution in [0.5, 0.6) is 0 Å². The first-order valence-electron chi connectivity index (χ1n) is 5.01. The first-order chi connectivity index (χ1) is 7.41. The SMILES string of the molecule is CC(C)CN(C)c1ncc(F)cc1C(=O)O. The number of hydrogen-bond donors (Lipinski definition) is 1. The topological polar surface area (TPSA) is 53.4 Å². The van der Waals surface area contributed by atoms with Gasteiger partial charge in [-0.15, -0.1) is 0 Å². The first-order valence-corrected chi connectivity index (χ1v) is 5.01. The molecule has 1 aromatic heterocycles. The summed E-state index contributed by atoms with van der Waals surface area (Å²) in [7, 11) is 1.74. The van der Waals surface area contributed by atoms with Crippen LogP contribution in [0.15, 0.2) is 12.3 Å². The van der Waals surface area contributed by atoms with Crippen molar-refractivity contribution in [2.75, 3.05) is 18.5 Å². The van der Waals surface area contributed by atoms with Crippen molar-refractivity contribution in [1.82, 2.24) is 4.98 Å². The Kier molecular flexibility index (Phi) is 3.82. The molecule has 0 spiro atoms. The van der Waals surface area contributed by atoms with E-state index in [1.807, 2.05) is 13.8 Å². The molecule has 0 aliphatic carbocycles. The number of carbonyl (C=O) groups is 1. The van der Waals surface area contributed by atoms with Gasteiger partial charge in [0.2, 0.25) is 0 Å². The van der Waals surface area contributed by atoms with Crippen LogP contribution in [-0.4, -0.2) is 29.7 Å². The van der Waals surface area contributed by atoms with E-state index >= 15 is 0 Å². The summed E-state index contributed by atoms with van der Waals surface area (Å²) in [5.74, 6) is -1.14. The van der Waals surface area contributed by atoms with Crippen molar-refractivity contribution in [3.05, 3.63) is 23.6 Å². The molecular weight excluding hydrogens is 211 g/mol. The maximum absolute atomic E-state index is 12.9. The van der Waals surface area contributed by atoms with E-state index in [-0.39, 0.29) is 5.56 Å². The van der Waals surface area contributed by atoms with Gasteiger partial charge in [0.15, 0.2) is 0 Å². The second-order valence-corrected chi connectivity index (χ2v) is 4.10. The van der Waals surface area contributed by atoms with Crippen LogP contribution < -0.4 is 4.90 Å². The Morgan fingerprint density at radius 3 is 2.75 bits per heavy atom. The van der Waals surface area contributed by atoms with E-state index in [2.05, 4.69) is 4.98 Å². The molecule has 0 bridgehead atoms. The van der Waals surface area contributed by atoms with Crippen molar-refractivity contribution in [3.8, 4) is 0 Å². The molecule has 0 aliphatic heterocycles. The van der Waals surface area contributed by atoms with Crippen LogP contribution in [0.25, 0.3) is 0 Å². The average Bonchev–Trinajstić information content (AvgIpc) is 2.16. The monoisotopic (exact) mass is 226 g/mol. The van der Waals surface area contributed by atoms with Crippen molar-refractivity contribution < 1.29 is 14.3 Å². The number of aromatic carboxylic acids is 1. The second kappa shape index (κ2) is 4.92. The van der Waals surface area contributed by atoms with Crippen molar-refractivity contribution >= 4 is 11.8 Å². The van der Waals surface area contributed by atoms with Gasteiger partial charge in [0, 0.05) is 13.6 Å². The molecule has 0 radical (unpaired) electrons. The number of aromatic nitrogens is 1. The van der Waals surface area contributed by atoms with Crippen LogP contribution >= 0.6 is 0 Å². The summed E-state index contributed by atoms with van der Waals surface area (Å²) in [6, 6.07) is 0.988. The van der Waals surface area contributed by atoms with Crippen LogP contribution in [0.3, 0.4) is 0 Å².